The molecule has 2 fully saturated rings. The summed E-state index contributed by atoms with van der Waals surface area (Å²) in [5, 5.41) is 3.65. The molecule has 0 aromatic carbocycles. The van der Waals surface area contributed by atoms with Crippen LogP contribution in [0.3, 0.4) is 0 Å². The third-order valence-electron chi connectivity index (χ3n) is 3.80. The van der Waals surface area contributed by atoms with Crippen molar-refractivity contribution in [2.45, 2.75) is 31.7 Å². The second-order valence-corrected chi connectivity index (χ2v) is 5.84. The fourth-order valence-corrected chi connectivity index (χ4v) is 2.74. The number of carbonyl (C=O) groups is 1. The van der Waals surface area contributed by atoms with Crippen molar-refractivity contribution in [3.63, 3.8) is 0 Å². The molecule has 1 saturated carbocycles. The highest BCUT2D eigenvalue weighted by Crippen LogP contribution is 2.32. The van der Waals surface area contributed by atoms with Crippen LogP contribution in [0.5, 0.6) is 0 Å². The van der Waals surface area contributed by atoms with Crippen LogP contribution >= 0.6 is 11.6 Å². The molecule has 3 N–H and O–H groups in total. The lowest BCUT2D eigenvalue weighted by Gasteiger charge is -2.32. The topological polar surface area (TPSA) is 84.1 Å². The third-order valence-corrected chi connectivity index (χ3v) is 3.99. The first-order valence-corrected chi connectivity index (χ1v) is 7.35. The maximum atomic E-state index is 12.0. The highest BCUT2D eigenvalue weighted by atomic mass is 35.5. The molecule has 2 heterocycles. The molecule has 1 aromatic rings. The minimum atomic E-state index is 0.168. The Morgan fingerprint density at radius 3 is 2.60 bits per heavy atom. The summed E-state index contributed by atoms with van der Waals surface area (Å²) in [6.07, 6.45) is 3.96. The standard InChI is InChI=1S/C13H18ClN5O/c14-10-7-11(18-13(15)17-10)16-9-3-5-19(6-4-9)12(20)8-1-2-8/h7-9H,1-6H2,(H3,15,16,17,18). The molecule has 0 atom stereocenters. The summed E-state index contributed by atoms with van der Waals surface area (Å²) >= 11 is 5.85. The van der Waals surface area contributed by atoms with E-state index in [1.54, 1.807) is 6.07 Å². The van der Waals surface area contributed by atoms with Crippen LogP contribution in [0.2, 0.25) is 5.15 Å². The second kappa shape index (κ2) is 5.44. The Labute approximate surface area is 122 Å². The van der Waals surface area contributed by atoms with Crippen LogP contribution in [-0.2, 0) is 4.79 Å². The Hall–Kier alpha value is -1.56. The van der Waals surface area contributed by atoms with E-state index in [0.717, 1.165) is 38.8 Å². The minimum absolute atomic E-state index is 0.168. The van der Waals surface area contributed by atoms with Gasteiger partial charge in [0.05, 0.1) is 0 Å². The van der Waals surface area contributed by atoms with Crippen LogP contribution in [0.1, 0.15) is 25.7 Å². The summed E-state index contributed by atoms with van der Waals surface area (Å²) in [5.74, 6) is 1.45. The molecule has 0 spiro atoms. The Morgan fingerprint density at radius 2 is 2.00 bits per heavy atom. The summed E-state index contributed by atoms with van der Waals surface area (Å²) < 4.78 is 0. The molecule has 1 amide bonds. The number of likely N-dealkylation sites (tertiary alicyclic amines) is 1. The Balaban J connectivity index is 1.54. The lowest BCUT2D eigenvalue weighted by Crippen LogP contribution is -2.43. The highest BCUT2D eigenvalue weighted by Gasteiger charge is 2.34. The molecular weight excluding hydrogens is 278 g/mol. The van der Waals surface area contributed by atoms with Crippen LogP contribution in [0.4, 0.5) is 11.8 Å². The molecule has 1 aromatic heterocycles. The van der Waals surface area contributed by atoms with Crippen LogP contribution < -0.4 is 11.1 Å². The van der Waals surface area contributed by atoms with Gasteiger partial charge in [-0.25, -0.2) is 4.98 Å². The average molecular weight is 296 g/mol. The zero-order valence-electron chi connectivity index (χ0n) is 11.2. The van der Waals surface area contributed by atoms with Crippen molar-refractivity contribution in [1.29, 1.82) is 0 Å². The van der Waals surface area contributed by atoms with Gasteiger partial charge in [-0.15, -0.1) is 0 Å². The maximum Gasteiger partial charge on any atom is 0.225 e. The molecule has 108 valence electrons. The zero-order chi connectivity index (χ0) is 14.1. The normalized spacial score (nSPS) is 19.9. The summed E-state index contributed by atoms with van der Waals surface area (Å²) in [6.45, 7) is 1.61. The zero-order valence-corrected chi connectivity index (χ0v) is 11.9. The van der Waals surface area contributed by atoms with Gasteiger partial charge >= 0.3 is 0 Å². The van der Waals surface area contributed by atoms with Gasteiger partial charge < -0.3 is 16.0 Å². The fraction of sp³-hybridized carbons (Fsp3) is 0.615. The first-order chi connectivity index (χ1) is 9.61. The van der Waals surface area contributed by atoms with Gasteiger partial charge in [0.25, 0.3) is 0 Å². The quantitative estimate of drug-likeness (QED) is 0.826. The van der Waals surface area contributed by atoms with Crippen molar-refractivity contribution in [1.82, 2.24) is 14.9 Å². The molecule has 3 rings (SSSR count). The van der Waals surface area contributed by atoms with Crippen LogP contribution in [0, 0.1) is 5.92 Å². The van der Waals surface area contributed by atoms with Crippen molar-refractivity contribution >= 4 is 29.3 Å². The molecule has 20 heavy (non-hydrogen) atoms. The second-order valence-electron chi connectivity index (χ2n) is 5.45. The van der Waals surface area contributed by atoms with E-state index in [2.05, 4.69) is 15.3 Å². The van der Waals surface area contributed by atoms with E-state index >= 15 is 0 Å². The van der Waals surface area contributed by atoms with Crippen LogP contribution in [0.25, 0.3) is 0 Å². The van der Waals surface area contributed by atoms with E-state index in [1.807, 2.05) is 4.90 Å². The number of nitrogen functional groups attached to an aromatic ring is 1. The van der Waals surface area contributed by atoms with E-state index in [9.17, 15) is 4.79 Å². The first kappa shape index (κ1) is 13.4. The van der Waals surface area contributed by atoms with Gasteiger partial charge in [0.2, 0.25) is 11.9 Å². The predicted molar refractivity (Wildman–Crippen MR) is 77.4 cm³/mol. The monoisotopic (exact) mass is 295 g/mol. The molecule has 1 aliphatic carbocycles. The molecule has 1 saturated heterocycles. The Morgan fingerprint density at radius 1 is 1.30 bits per heavy atom. The highest BCUT2D eigenvalue weighted by molar-refractivity contribution is 6.29. The minimum Gasteiger partial charge on any atom is -0.368 e. The number of nitrogens with one attached hydrogen (secondary N) is 1. The van der Waals surface area contributed by atoms with Gasteiger partial charge in [-0.2, -0.15) is 4.98 Å². The number of piperidine rings is 1. The van der Waals surface area contributed by atoms with E-state index in [4.69, 9.17) is 17.3 Å². The first-order valence-electron chi connectivity index (χ1n) is 6.97. The van der Waals surface area contributed by atoms with Gasteiger partial charge in [0, 0.05) is 31.1 Å². The summed E-state index contributed by atoms with van der Waals surface area (Å²) in [6, 6.07) is 1.96. The summed E-state index contributed by atoms with van der Waals surface area (Å²) in [5.41, 5.74) is 5.57. The SMILES string of the molecule is Nc1nc(Cl)cc(NC2CCN(C(=O)C3CC3)CC2)n1. The number of hydrogen-bond acceptors (Lipinski definition) is 5. The van der Waals surface area contributed by atoms with E-state index in [-0.39, 0.29) is 5.95 Å². The van der Waals surface area contributed by atoms with Crippen molar-refractivity contribution in [2.24, 2.45) is 5.92 Å². The number of aromatic nitrogens is 2. The van der Waals surface area contributed by atoms with Gasteiger partial charge in [-0.3, -0.25) is 4.79 Å². The number of anilines is 2. The summed E-state index contributed by atoms with van der Waals surface area (Å²) in [4.78, 5) is 21.9. The number of rotatable bonds is 3. The number of nitrogens with zero attached hydrogens (tertiary/aromatic N) is 3. The number of nitrogens with two attached hydrogens (primary N) is 1. The number of hydrogen-bond donors (Lipinski definition) is 2. The van der Waals surface area contributed by atoms with Crippen molar-refractivity contribution in [3.8, 4) is 0 Å². The molecule has 2 aliphatic rings. The predicted octanol–water partition coefficient (Wildman–Crippen LogP) is 1.53. The largest absolute Gasteiger partial charge is 0.368 e. The fourth-order valence-electron chi connectivity index (χ4n) is 2.55. The summed E-state index contributed by atoms with van der Waals surface area (Å²) in [7, 11) is 0. The molecule has 0 radical (unpaired) electrons. The Bertz CT molecular complexity index is 491. The smallest absolute Gasteiger partial charge is 0.225 e. The van der Waals surface area contributed by atoms with E-state index < -0.39 is 0 Å². The molecular formula is C13H18ClN5O. The van der Waals surface area contributed by atoms with Crippen molar-refractivity contribution in [3.05, 3.63) is 11.2 Å². The lowest BCUT2D eigenvalue weighted by atomic mass is 10.0. The van der Waals surface area contributed by atoms with Gasteiger partial charge in [-0.1, -0.05) is 11.6 Å². The van der Waals surface area contributed by atoms with Crippen LogP contribution in [0.15, 0.2) is 6.07 Å². The maximum absolute atomic E-state index is 12.0. The third kappa shape index (κ3) is 3.12. The molecule has 1 aliphatic heterocycles. The molecule has 6 nitrogen and oxygen atoms in total. The van der Waals surface area contributed by atoms with E-state index in [0.29, 0.717) is 28.8 Å². The molecule has 7 heteroatoms. The van der Waals surface area contributed by atoms with Crippen LogP contribution in [-0.4, -0.2) is 39.9 Å². The van der Waals surface area contributed by atoms with Gasteiger partial charge in [0.1, 0.15) is 11.0 Å². The van der Waals surface area contributed by atoms with Gasteiger partial charge in [0.15, 0.2) is 0 Å². The van der Waals surface area contributed by atoms with Crippen molar-refractivity contribution in [2.75, 3.05) is 24.1 Å². The molecule has 0 unspecified atom stereocenters. The Kier molecular flexibility index (Phi) is 3.65. The number of amides is 1. The lowest BCUT2D eigenvalue weighted by molar-refractivity contribution is -0.133. The molecule has 0 bridgehead atoms. The van der Waals surface area contributed by atoms with E-state index in [1.165, 1.54) is 0 Å². The number of halogens is 1. The van der Waals surface area contributed by atoms with Gasteiger partial charge in [-0.05, 0) is 25.7 Å². The number of carbonyl (C=O) groups excluding carboxylic acids is 1. The van der Waals surface area contributed by atoms with Crippen molar-refractivity contribution < 1.29 is 4.79 Å². The average Bonchev–Trinajstić information content (AvgIpc) is 3.22.